The summed E-state index contributed by atoms with van der Waals surface area (Å²) in [5.41, 5.74) is 3.75. The summed E-state index contributed by atoms with van der Waals surface area (Å²) in [5.74, 6) is 1.43. The Morgan fingerprint density at radius 3 is 2.59 bits per heavy atom. The molecule has 0 radical (unpaired) electrons. The largest absolute Gasteiger partial charge is 0.491 e. The van der Waals surface area contributed by atoms with E-state index in [4.69, 9.17) is 9.72 Å². The number of anilines is 1. The fraction of sp³-hybridized carbons (Fsp3) is 0.231. The number of carbonyl (C=O) groups excluding carboxylic acids is 1. The zero-order chi connectivity index (χ0) is 22.1. The van der Waals surface area contributed by atoms with Crippen molar-refractivity contribution < 1.29 is 13.9 Å². The molecule has 0 saturated carbocycles. The third kappa shape index (κ3) is 3.84. The lowest BCUT2D eigenvalue weighted by atomic mass is 10.1. The minimum atomic E-state index is -0.313. The van der Waals surface area contributed by atoms with E-state index in [2.05, 4.69) is 4.57 Å². The molecule has 0 N–H and O–H groups in total. The summed E-state index contributed by atoms with van der Waals surface area (Å²) in [5, 5.41) is 0. The smallest absolute Gasteiger partial charge is 0.227 e. The quantitative estimate of drug-likeness (QED) is 0.429. The Hall–Kier alpha value is -3.67. The summed E-state index contributed by atoms with van der Waals surface area (Å²) in [6.45, 7) is 3.68. The number of halogens is 1. The molecule has 1 atom stereocenters. The van der Waals surface area contributed by atoms with Crippen LogP contribution in [0.25, 0.3) is 11.0 Å². The van der Waals surface area contributed by atoms with Crippen molar-refractivity contribution in [3.63, 3.8) is 0 Å². The molecule has 1 aliphatic rings. The van der Waals surface area contributed by atoms with E-state index < -0.39 is 0 Å². The fourth-order valence-corrected chi connectivity index (χ4v) is 4.36. The molecule has 1 aromatic heterocycles. The number of benzene rings is 3. The number of carbonyl (C=O) groups is 1. The zero-order valence-electron chi connectivity index (χ0n) is 17.9. The first-order valence-electron chi connectivity index (χ1n) is 10.8. The molecule has 1 fully saturated rings. The second-order valence-corrected chi connectivity index (χ2v) is 8.11. The van der Waals surface area contributed by atoms with Crippen LogP contribution < -0.4 is 9.64 Å². The molecule has 1 saturated heterocycles. The molecule has 5 rings (SSSR count). The maximum absolute atomic E-state index is 13.3. The van der Waals surface area contributed by atoms with Gasteiger partial charge in [0.1, 0.15) is 24.0 Å². The number of hydrogen-bond acceptors (Lipinski definition) is 3. The van der Waals surface area contributed by atoms with Gasteiger partial charge < -0.3 is 14.2 Å². The van der Waals surface area contributed by atoms with Crippen LogP contribution in [-0.2, 0) is 11.3 Å². The van der Waals surface area contributed by atoms with E-state index in [0.717, 1.165) is 28.2 Å². The topological polar surface area (TPSA) is 47.4 Å². The van der Waals surface area contributed by atoms with Gasteiger partial charge >= 0.3 is 0 Å². The number of hydrogen-bond donors (Lipinski definition) is 0. The second-order valence-electron chi connectivity index (χ2n) is 8.11. The average molecular weight is 429 g/mol. The van der Waals surface area contributed by atoms with E-state index in [-0.39, 0.29) is 17.6 Å². The highest BCUT2D eigenvalue weighted by Gasteiger charge is 2.34. The van der Waals surface area contributed by atoms with E-state index in [1.165, 1.54) is 12.1 Å². The number of fused-ring (bicyclic) bond motifs is 1. The van der Waals surface area contributed by atoms with Crippen LogP contribution in [0.4, 0.5) is 10.1 Å². The van der Waals surface area contributed by atoms with Crippen molar-refractivity contribution in [3.8, 4) is 5.75 Å². The Morgan fingerprint density at radius 2 is 1.78 bits per heavy atom. The molecule has 4 aromatic rings. The standard InChI is InChI=1S/C26H24FN3O2/c1-18-6-2-5-9-24(18)32-15-14-29-23-8-4-3-7-22(23)28-26(29)19-16-25(31)30(17-19)21-12-10-20(27)11-13-21/h2-13,19H,14-17H2,1H3/t19-/m1/s1. The van der Waals surface area contributed by atoms with E-state index >= 15 is 0 Å². The molecule has 1 amide bonds. The lowest BCUT2D eigenvalue weighted by Crippen LogP contribution is -2.24. The van der Waals surface area contributed by atoms with Gasteiger partial charge in [-0.2, -0.15) is 0 Å². The summed E-state index contributed by atoms with van der Waals surface area (Å²) in [6, 6.07) is 22.0. The lowest BCUT2D eigenvalue weighted by Gasteiger charge is -2.17. The molecular weight excluding hydrogens is 405 g/mol. The van der Waals surface area contributed by atoms with Gasteiger partial charge in [0.15, 0.2) is 0 Å². The van der Waals surface area contributed by atoms with Crippen molar-refractivity contribution in [1.29, 1.82) is 0 Å². The Labute approximate surface area is 186 Å². The number of para-hydroxylation sites is 3. The monoisotopic (exact) mass is 429 g/mol. The van der Waals surface area contributed by atoms with Gasteiger partial charge in [0.05, 0.1) is 17.6 Å². The second kappa shape index (κ2) is 8.46. The van der Waals surface area contributed by atoms with Crippen LogP contribution in [0.3, 0.4) is 0 Å². The Bertz CT molecular complexity index is 1270. The van der Waals surface area contributed by atoms with Crippen LogP contribution in [0.5, 0.6) is 5.75 Å². The van der Waals surface area contributed by atoms with Crippen LogP contribution >= 0.6 is 0 Å². The van der Waals surface area contributed by atoms with Crippen molar-refractivity contribution in [2.75, 3.05) is 18.1 Å². The number of rotatable bonds is 6. The maximum Gasteiger partial charge on any atom is 0.227 e. The van der Waals surface area contributed by atoms with Gasteiger partial charge in [-0.1, -0.05) is 30.3 Å². The van der Waals surface area contributed by atoms with Crippen molar-refractivity contribution in [3.05, 3.63) is 90.0 Å². The molecule has 0 unspecified atom stereocenters. The summed E-state index contributed by atoms with van der Waals surface area (Å²) in [6.07, 6.45) is 0.374. The number of amides is 1. The van der Waals surface area contributed by atoms with Crippen LogP contribution in [0.2, 0.25) is 0 Å². The van der Waals surface area contributed by atoms with Gasteiger partial charge in [-0.25, -0.2) is 9.37 Å². The Morgan fingerprint density at radius 1 is 1.03 bits per heavy atom. The number of nitrogens with zero attached hydrogens (tertiary/aromatic N) is 3. The third-order valence-corrected chi connectivity index (χ3v) is 5.98. The Balaban J connectivity index is 1.41. The highest BCUT2D eigenvalue weighted by Crippen LogP contribution is 2.33. The van der Waals surface area contributed by atoms with E-state index in [9.17, 15) is 9.18 Å². The maximum atomic E-state index is 13.3. The first kappa shape index (κ1) is 20.2. The molecule has 3 aromatic carbocycles. The minimum absolute atomic E-state index is 0.0244. The fourth-order valence-electron chi connectivity index (χ4n) is 4.36. The Kier molecular flexibility index (Phi) is 5.35. The van der Waals surface area contributed by atoms with Gasteiger partial charge in [-0.15, -0.1) is 0 Å². The lowest BCUT2D eigenvalue weighted by molar-refractivity contribution is -0.117. The number of aryl methyl sites for hydroxylation is 1. The number of ether oxygens (including phenoxy) is 1. The predicted molar refractivity (Wildman–Crippen MR) is 123 cm³/mol. The highest BCUT2D eigenvalue weighted by molar-refractivity contribution is 5.96. The zero-order valence-corrected chi connectivity index (χ0v) is 17.9. The summed E-state index contributed by atoms with van der Waals surface area (Å²) in [4.78, 5) is 19.4. The minimum Gasteiger partial charge on any atom is -0.491 e. The molecule has 32 heavy (non-hydrogen) atoms. The van der Waals surface area contributed by atoms with Crippen LogP contribution in [0, 0.1) is 12.7 Å². The third-order valence-electron chi connectivity index (χ3n) is 5.98. The van der Waals surface area contributed by atoms with Crippen LogP contribution in [-0.4, -0.2) is 28.6 Å². The SMILES string of the molecule is Cc1ccccc1OCCn1c([C@@H]2CC(=O)N(c3ccc(F)cc3)C2)nc2ccccc21. The summed E-state index contributed by atoms with van der Waals surface area (Å²) in [7, 11) is 0. The molecule has 0 bridgehead atoms. The molecular formula is C26H24FN3O2. The van der Waals surface area contributed by atoms with Gasteiger partial charge in [-0.05, 0) is 55.0 Å². The van der Waals surface area contributed by atoms with Crippen molar-refractivity contribution in [1.82, 2.24) is 9.55 Å². The van der Waals surface area contributed by atoms with E-state index in [1.807, 2.05) is 55.5 Å². The average Bonchev–Trinajstić information content (AvgIpc) is 3.36. The number of aromatic nitrogens is 2. The molecule has 0 spiro atoms. The molecule has 2 heterocycles. The first-order chi connectivity index (χ1) is 15.6. The van der Waals surface area contributed by atoms with Gasteiger partial charge in [0.25, 0.3) is 0 Å². The van der Waals surface area contributed by atoms with Gasteiger partial charge in [0.2, 0.25) is 5.91 Å². The summed E-state index contributed by atoms with van der Waals surface area (Å²) < 4.78 is 21.5. The first-order valence-corrected chi connectivity index (χ1v) is 10.8. The van der Waals surface area contributed by atoms with Crippen molar-refractivity contribution >= 4 is 22.6 Å². The molecule has 5 nitrogen and oxygen atoms in total. The predicted octanol–water partition coefficient (Wildman–Crippen LogP) is 5.08. The summed E-state index contributed by atoms with van der Waals surface area (Å²) >= 11 is 0. The normalized spacial score (nSPS) is 16.1. The molecule has 0 aliphatic carbocycles. The number of imidazole rings is 1. The van der Waals surface area contributed by atoms with E-state index in [1.54, 1.807) is 17.0 Å². The van der Waals surface area contributed by atoms with Gasteiger partial charge in [-0.3, -0.25) is 4.79 Å². The van der Waals surface area contributed by atoms with Gasteiger partial charge in [0, 0.05) is 24.6 Å². The highest BCUT2D eigenvalue weighted by atomic mass is 19.1. The van der Waals surface area contributed by atoms with Crippen molar-refractivity contribution in [2.24, 2.45) is 0 Å². The molecule has 162 valence electrons. The molecule has 6 heteroatoms. The molecule has 1 aliphatic heterocycles. The van der Waals surface area contributed by atoms with Crippen LogP contribution in [0.1, 0.15) is 23.7 Å². The van der Waals surface area contributed by atoms with Crippen molar-refractivity contribution in [2.45, 2.75) is 25.8 Å². The van der Waals surface area contributed by atoms with Crippen LogP contribution in [0.15, 0.2) is 72.8 Å². The van der Waals surface area contributed by atoms with E-state index in [0.29, 0.717) is 31.8 Å².